The van der Waals surface area contributed by atoms with Crippen LogP contribution in [0.15, 0.2) is 42.5 Å². The molecule has 1 unspecified atom stereocenters. The van der Waals surface area contributed by atoms with Crippen LogP contribution in [0.5, 0.6) is 0 Å². The van der Waals surface area contributed by atoms with Crippen molar-refractivity contribution < 1.29 is 13.9 Å². The average molecular weight is 236 g/mol. The number of rotatable bonds is 6. The molecule has 0 fully saturated rings. The van der Waals surface area contributed by atoms with E-state index < -0.39 is 12.1 Å². The predicted octanol–water partition coefficient (Wildman–Crippen LogP) is 3.60. The van der Waals surface area contributed by atoms with Crippen molar-refractivity contribution in [2.75, 3.05) is 6.61 Å². The van der Waals surface area contributed by atoms with Gasteiger partial charge in [0.1, 0.15) is 0 Å². The van der Waals surface area contributed by atoms with E-state index in [0.29, 0.717) is 12.2 Å². The molecule has 92 valence electrons. The predicted molar refractivity (Wildman–Crippen MR) is 65.3 cm³/mol. The van der Waals surface area contributed by atoms with Crippen LogP contribution in [-0.4, -0.2) is 12.6 Å². The van der Waals surface area contributed by atoms with E-state index in [1.165, 1.54) is 0 Å². The molecule has 0 amide bonds. The average Bonchev–Trinajstić information content (AvgIpc) is 2.38. The number of ether oxygens (including phenoxy) is 1. The molecule has 1 aromatic carbocycles. The SMILES string of the molecule is C=C(C(=O)OCCCC)C(F)c1ccccc1. The summed E-state index contributed by atoms with van der Waals surface area (Å²) in [6.45, 7) is 5.77. The first-order valence-corrected chi connectivity index (χ1v) is 5.71. The van der Waals surface area contributed by atoms with Crippen molar-refractivity contribution in [1.82, 2.24) is 0 Å². The summed E-state index contributed by atoms with van der Waals surface area (Å²) in [5.41, 5.74) is 0.275. The largest absolute Gasteiger partial charge is 0.462 e. The number of hydrogen-bond acceptors (Lipinski definition) is 2. The van der Waals surface area contributed by atoms with Crippen molar-refractivity contribution in [3.8, 4) is 0 Å². The highest BCUT2D eigenvalue weighted by molar-refractivity contribution is 5.89. The van der Waals surface area contributed by atoms with E-state index in [2.05, 4.69) is 6.58 Å². The number of esters is 1. The summed E-state index contributed by atoms with van der Waals surface area (Å²) in [5, 5.41) is 0. The molecule has 0 heterocycles. The molecule has 0 spiro atoms. The minimum absolute atomic E-state index is 0.146. The summed E-state index contributed by atoms with van der Waals surface area (Å²) in [4.78, 5) is 11.5. The Labute approximate surface area is 101 Å². The van der Waals surface area contributed by atoms with Crippen LogP contribution in [0.25, 0.3) is 0 Å². The summed E-state index contributed by atoms with van der Waals surface area (Å²) in [6, 6.07) is 8.47. The van der Waals surface area contributed by atoms with E-state index in [-0.39, 0.29) is 5.57 Å². The highest BCUT2D eigenvalue weighted by atomic mass is 19.1. The lowest BCUT2D eigenvalue weighted by atomic mass is 10.0. The Morgan fingerprint density at radius 2 is 2.06 bits per heavy atom. The van der Waals surface area contributed by atoms with Gasteiger partial charge in [0.05, 0.1) is 12.2 Å². The maximum atomic E-state index is 13.9. The zero-order valence-electron chi connectivity index (χ0n) is 9.99. The van der Waals surface area contributed by atoms with Gasteiger partial charge >= 0.3 is 5.97 Å². The molecule has 17 heavy (non-hydrogen) atoms. The lowest BCUT2D eigenvalue weighted by Gasteiger charge is -2.11. The van der Waals surface area contributed by atoms with Gasteiger partial charge in [-0.15, -0.1) is 0 Å². The topological polar surface area (TPSA) is 26.3 Å². The van der Waals surface area contributed by atoms with Crippen LogP contribution in [0.4, 0.5) is 4.39 Å². The molecule has 0 radical (unpaired) electrons. The summed E-state index contributed by atoms with van der Waals surface area (Å²) in [6.07, 6.45) is 0.212. The van der Waals surface area contributed by atoms with Gasteiger partial charge in [-0.05, 0) is 12.0 Å². The lowest BCUT2D eigenvalue weighted by molar-refractivity contribution is -0.139. The molecule has 0 aliphatic carbocycles. The van der Waals surface area contributed by atoms with Gasteiger partial charge in [0.25, 0.3) is 0 Å². The molecular formula is C14H17FO2. The van der Waals surface area contributed by atoms with Crippen LogP contribution in [0.3, 0.4) is 0 Å². The Bertz CT molecular complexity index is 373. The van der Waals surface area contributed by atoms with Gasteiger partial charge in [-0.25, -0.2) is 9.18 Å². The molecule has 1 rings (SSSR count). The zero-order valence-corrected chi connectivity index (χ0v) is 9.99. The molecule has 2 nitrogen and oxygen atoms in total. The fourth-order valence-electron chi connectivity index (χ4n) is 1.33. The number of alkyl halides is 1. The molecule has 1 aromatic rings. The second-order valence-corrected chi connectivity index (χ2v) is 3.79. The molecule has 0 N–H and O–H groups in total. The van der Waals surface area contributed by atoms with Gasteiger partial charge in [0.15, 0.2) is 6.17 Å². The number of hydrogen-bond donors (Lipinski definition) is 0. The first kappa shape index (κ1) is 13.4. The van der Waals surface area contributed by atoms with E-state index in [4.69, 9.17) is 4.74 Å². The summed E-state index contributed by atoms with van der Waals surface area (Å²) in [7, 11) is 0. The van der Waals surface area contributed by atoms with Crippen molar-refractivity contribution >= 4 is 5.97 Å². The monoisotopic (exact) mass is 236 g/mol. The van der Waals surface area contributed by atoms with Gasteiger partial charge in [-0.2, -0.15) is 0 Å². The number of carbonyl (C=O) groups excluding carboxylic acids is 1. The van der Waals surface area contributed by atoms with Gasteiger partial charge in [-0.3, -0.25) is 0 Å². The van der Waals surface area contributed by atoms with Crippen LogP contribution in [0.2, 0.25) is 0 Å². The summed E-state index contributed by atoms with van der Waals surface area (Å²) >= 11 is 0. The molecule has 0 aliphatic rings. The van der Waals surface area contributed by atoms with Gasteiger partial charge in [0.2, 0.25) is 0 Å². The Morgan fingerprint density at radius 1 is 1.41 bits per heavy atom. The van der Waals surface area contributed by atoms with E-state index in [1.54, 1.807) is 30.3 Å². The van der Waals surface area contributed by atoms with Crippen LogP contribution in [0, 0.1) is 0 Å². The quantitative estimate of drug-likeness (QED) is 0.428. The second-order valence-electron chi connectivity index (χ2n) is 3.79. The number of halogens is 1. The molecule has 3 heteroatoms. The maximum absolute atomic E-state index is 13.9. The highest BCUT2D eigenvalue weighted by Crippen LogP contribution is 2.25. The van der Waals surface area contributed by atoms with E-state index >= 15 is 0 Å². The van der Waals surface area contributed by atoms with Crippen molar-refractivity contribution in [2.45, 2.75) is 25.9 Å². The van der Waals surface area contributed by atoms with Crippen LogP contribution in [0.1, 0.15) is 31.5 Å². The Morgan fingerprint density at radius 3 is 2.65 bits per heavy atom. The van der Waals surface area contributed by atoms with Crippen molar-refractivity contribution in [1.29, 1.82) is 0 Å². The van der Waals surface area contributed by atoms with Crippen LogP contribution in [-0.2, 0) is 9.53 Å². The smallest absolute Gasteiger partial charge is 0.336 e. The van der Waals surface area contributed by atoms with E-state index in [0.717, 1.165) is 12.8 Å². The molecule has 0 aromatic heterocycles. The molecule has 0 bridgehead atoms. The minimum Gasteiger partial charge on any atom is -0.462 e. The zero-order chi connectivity index (χ0) is 12.7. The fourth-order valence-corrected chi connectivity index (χ4v) is 1.33. The fraction of sp³-hybridized carbons (Fsp3) is 0.357. The molecule has 0 aliphatic heterocycles. The minimum atomic E-state index is -1.50. The van der Waals surface area contributed by atoms with Crippen molar-refractivity contribution in [3.05, 3.63) is 48.0 Å². The van der Waals surface area contributed by atoms with Crippen molar-refractivity contribution in [3.63, 3.8) is 0 Å². The van der Waals surface area contributed by atoms with E-state index in [9.17, 15) is 9.18 Å². The summed E-state index contributed by atoms with van der Waals surface area (Å²) in [5.74, 6) is -0.658. The Hall–Kier alpha value is -1.64. The first-order valence-electron chi connectivity index (χ1n) is 5.71. The number of carbonyl (C=O) groups is 1. The Kier molecular flexibility index (Phi) is 5.40. The molecule has 0 saturated heterocycles. The standard InChI is InChI=1S/C14H17FO2/c1-3-4-10-17-14(16)11(2)13(15)12-8-6-5-7-9-12/h5-9,13H,2-4,10H2,1H3. The third-order valence-corrected chi connectivity index (χ3v) is 2.39. The number of unbranched alkanes of at least 4 members (excludes halogenated alkanes) is 1. The van der Waals surface area contributed by atoms with Crippen LogP contribution >= 0.6 is 0 Å². The van der Waals surface area contributed by atoms with E-state index in [1.807, 2.05) is 6.92 Å². The maximum Gasteiger partial charge on any atom is 0.336 e. The van der Waals surface area contributed by atoms with Gasteiger partial charge in [-0.1, -0.05) is 50.3 Å². The second kappa shape index (κ2) is 6.84. The third-order valence-electron chi connectivity index (χ3n) is 2.39. The number of benzene rings is 1. The van der Waals surface area contributed by atoms with Gasteiger partial charge < -0.3 is 4.74 Å². The van der Waals surface area contributed by atoms with Crippen molar-refractivity contribution in [2.24, 2.45) is 0 Å². The molecular weight excluding hydrogens is 219 g/mol. The Balaban J connectivity index is 2.55. The molecule has 0 saturated carbocycles. The lowest BCUT2D eigenvalue weighted by Crippen LogP contribution is -2.12. The molecule has 1 atom stereocenters. The third kappa shape index (κ3) is 4.02. The first-order chi connectivity index (χ1) is 8.16. The summed E-state index contributed by atoms with van der Waals surface area (Å²) < 4.78 is 18.8. The van der Waals surface area contributed by atoms with Crippen LogP contribution < -0.4 is 0 Å². The highest BCUT2D eigenvalue weighted by Gasteiger charge is 2.20. The van der Waals surface area contributed by atoms with Gasteiger partial charge in [0, 0.05) is 0 Å². The normalized spacial score (nSPS) is 11.9.